The van der Waals surface area contributed by atoms with Crippen molar-refractivity contribution in [2.24, 2.45) is 0 Å². The van der Waals surface area contributed by atoms with E-state index in [1.165, 1.54) is 18.6 Å². The first-order chi connectivity index (χ1) is 8.66. The lowest BCUT2D eigenvalue weighted by atomic mass is 10.1. The molecule has 1 unspecified atom stereocenters. The van der Waals surface area contributed by atoms with E-state index >= 15 is 0 Å². The van der Waals surface area contributed by atoms with E-state index in [0.717, 1.165) is 5.56 Å². The molecule has 3 N–H and O–H groups in total. The monoisotopic (exact) mass is 242 g/mol. The van der Waals surface area contributed by atoms with E-state index in [2.05, 4.69) is 15.3 Å². The minimum absolute atomic E-state index is 0.111. The Bertz CT molecular complexity index is 524. The fraction of sp³-hybridized carbons (Fsp3) is 0.154. The zero-order valence-electron chi connectivity index (χ0n) is 10.00. The third-order valence-corrected chi connectivity index (χ3v) is 2.58. The smallest absolute Gasteiger partial charge is 0.271 e. The number of nitrogens with two attached hydrogens (primary N) is 1. The zero-order chi connectivity index (χ0) is 13.0. The summed E-state index contributed by atoms with van der Waals surface area (Å²) in [5.41, 5.74) is 7.61. The fourth-order valence-corrected chi connectivity index (χ4v) is 1.55. The van der Waals surface area contributed by atoms with Gasteiger partial charge in [-0.1, -0.05) is 12.1 Å². The van der Waals surface area contributed by atoms with Crippen molar-refractivity contribution in [3.63, 3.8) is 0 Å². The summed E-state index contributed by atoms with van der Waals surface area (Å²) in [6.45, 7) is 1.90. The number of nitrogen functional groups attached to an aromatic ring is 1. The maximum Gasteiger partial charge on any atom is 0.271 e. The van der Waals surface area contributed by atoms with Crippen molar-refractivity contribution in [2.75, 3.05) is 5.73 Å². The molecule has 2 rings (SSSR count). The minimum atomic E-state index is -0.243. The molecule has 0 saturated carbocycles. The number of anilines is 1. The van der Waals surface area contributed by atoms with Gasteiger partial charge in [-0.15, -0.1) is 0 Å². The molecule has 0 aliphatic heterocycles. The van der Waals surface area contributed by atoms with Gasteiger partial charge >= 0.3 is 0 Å². The van der Waals surface area contributed by atoms with Gasteiger partial charge in [0.2, 0.25) is 0 Å². The molecule has 0 bridgehead atoms. The fourth-order valence-electron chi connectivity index (χ4n) is 1.55. The first-order valence-electron chi connectivity index (χ1n) is 5.59. The molecule has 1 amide bonds. The van der Waals surface area contributed by atoms with Crippen LogP contribution in [-0.4, -0.2) is 15.9 Å². The SMILES string of the molecule is CC(NC(=O)c1cnccn1)c1ccc(N)cc1. The highest BCUT2D eigenvalue weighted by Gasteiger charge is 2.12. The van der Waals surface area contributed by atoms with Crippen LogP contribution < -0.4 is 11.1 Å². The summed E-state index contributed by atoms with van der Waals surface area (Å²) >= 11 is 0. The van der Waals surface area contributed by atoms with Gasteiger partial charge in [-0.05, 0) is 24.6 Å². The molecular weight excluding hydrogens is 228 g/mol. The maximum absolute atomic E-state index is 11.9. The highest BCUT2D eigenvalue weighted by Crippen LogP contribution is 2.14. The number of carbonyl (C=O) groups is 1. The Morgan fingerprint density at radius 1 is 1.28 bits per heavy atom. The molecule has 1 aromatic carbocycles. The Morgan fingerprint density at radius 2 is 2.00 bits per heavy atom. The highest BCUT2D eigenvalue weighted by molar-refractivity contribution is 5.92. The standard InChI is InChI=1S/C13H14N4O/c1-9(10-2-4-11(14)5-3-10)17-13(18)12-8-15-6-7-16-12/h2-9H,14H2,1H3,(H,17,18). The molecule has 5 heteroatoms. The van der Waals surface area contributed by atoms with Gasteiger partial charge in [0.05, 0.1) is 12.2 Å². The van der Waals surface area contributed by atoms with E-state index in [1.807, 2.05) is 19.1 Å². The van der Waals surface area contributed by atoms with Crippen molar-refractivity contribution in [2.45, 2.75) is 13.0 Å². The summed E-state index contributed by atoms with van der Waals surface area (Å²) in [6.07, 6.45) is 4.45. The quantitative estimate of drug-likeness (QED) is 0.800. The predicted molar refractivity (Wildman–Crippen MR) is 68.8 cm³/mol. The Hall–Kier alpha value is -2.43. The average molecular weight is 242 g/mol. The van der Waals surface area contributed by atoms with E-state index in [-0.39, 0.29) is 11.9 Å². The zero-order valence-corrected chi connectivity index (χ0v) is 10.00. The summed E-state index contributed by atoms with van der Waals surface area (Å²) in [5, 5.41) is 2.85. The van der Waals surface area contributed by atoms with E-state index in [1.54, 1.807) is 12.1 Å². The van der Waals surface area contributed by atoms with Crippen LogP contribution in [0.5, 0.6) is 0 Å². The van der Waals surface area contributed by atoms with Gasteiger partial charge in [0.25, 0.3) is 5.91 Å². The van der Waals surface area contributed by atoms with Gasteiger partial charge in [0.15, 0.2) is 0 Å². The van der Waals surface area contributed by atoms with Gasteiger partial charge < -0.3 is 11.1 Å². The molecule has 0 aliphatic carbocycles. The summed E-state index contributed by atoms with van der Waals surface area (Å²) < 4.78 is 0. The lowest BCUT2D eigenvalue weighted by Crippen LogP contribution is -2.27. The minimum Gasteiger partial charge on any atom is -0.399 e. The molecular formula is C13H14N4O. The topological polar surface area (TPSA) is 80.9 Å². The molecule has 1 aromatic heterocycles. The molecule has 0 aliphatic rings. The van der Waals surface area contributed by atoms with Gasteiger partial charge in [-0.25, -0.2) is 4.98 Å². The van der Waals surface area contributed by atoms with E-state index in [9.17, 15) is 4.79 Å². The highest BCUT2D eigenvalue weighted by atomic mass is 16.1. The Kier molecular flexibility index (Phi) is 3.52. The molecule has 5 nitrogen and oxygen atoms in total. The normalized spacial score (nSPS) is 11.8. The van der Waals surface area contributed by atoms with E-state index < -0.39 is 0 Å². The number of carbonyl (C=O) groups excluding carboxylic acids is 1. The number of hydrogen-bond donors (Lipinski definition) is 2. The maximum atomic E-state index is 11.9. The molecule has 0 fully saturated rings. The number of aromatic nitrogens is 2. The summed E-state index contributed by atoms with van der Waals surface area (Å²) in [6, 6.07) is 7.27. The summed E-state index contributed by atoms with van der Waals surface area (Å²) in [4.78, 5) is 19.7. The van der Waals surface area contributed by atoms with Crippen LogP contribution in [0.4, 0.5) is 5.69 Å². The molecule has 0 radical (unpaired) electrons. The lowest BCUT2D eigenvalue weighted by molar-refractivity contribution is 0.0934. The van der Waals surface area contributed by atoms with E-state index in [4.69, 9.17) is 5.73 Å². The van der Waals surface area contributed by atoms with Gasteiger partial charge in [-0.2, -0.15) is 0 Å². The second-order valence-corrected chi connectivity index (χ2v) is 3.95. The molecule has 0 spiro atoms. The number of hydrogen-bond acceptors (Lipinski definition) is 4. The molecule has 1 heterocycles. The number of rotatable bonds is 3. The van der Waals surface area contributed by atoms with Gasteiger partial charge in [0.1, 0.15) is 5.69 Å². The second-order valence-electron chi connectivity index (χ2n) is 3.95. The Morgan fingerprint density at radius 3 is 2.61 bits per heavy atom. The molecule has 18 heavy (non-hydrogen) atoms. The van der Waals surface area contributed by atoms with Crippen LogP contribution in [0, 0.1) is 0 Å². The van der Waals surface area contributed by atoms with Crippen LogP contribution >= 0.6 is 0 Å². The summed E-state index contributed by atoms with van der Waals surface area (Å²) in [7, 11) is 0. The Labute approximate surface area is 105 Å². The molecule has 1 atom stereocenters. The molecule has 0 saturated heterocycles. The van der Waals surface area contributed by atoms with Crippen molar-refractivity contribution in [1.82, 2.24) is 15.3 Å². The van der Waals surface area contributed by atoms with Crippen LogP contribution in [0.15, 0.2) is 42.9 Å². The van der Waals surface area contributed by atoms with Crippen molar-refractivity contribution in [1.29, 1.82) is 0 Å². The van der Waals surface area contributed by atoms with Crippen molar-refractivity contribution in [3.05, 3.63) is 54.1 Å². The largest absolute Gasteiger partial charge is 0.399 e. The summed E-state index contributed by atoms with van der Waals surface area (Å²) in [5.74, 6) is -0.243. The first-order valence-corrected chi connectivity index (χ1v) is 5.59. The predicted octanol–water partition coefficient (Wildman–Crippen LogP) is 1.55. The van der Waals surface area contributed by atoms with Crippen LogP contribution in [0.25, 0.3) is 0 Å². The van der Waals surface area contributed by atoms with Crippen LogP contribution in [-0.2, 0) is 0 Å². The van der Waals surface area contributed by atoms with Crippen LogP contribution in [0.1, 0.15) is 29.0 Å². The number of nitrogens with zero attached hydrogens (tertiary/aromatic N) is 2. The van der Waals surface area contributed by atoms with E-state index in [0.29, 0.717) is 11.4 Å². The van der Waals surface area contributed by atoms with Gasteiger partial charge in [-0.3, -0.25) is 9.78 Å². The second kappa shape index (κ2) is 5.27. The molecule has 92 valence electrons. The van der Waals surface area contributed by atoms with Crippen molar-refractivity contribution >= 4 is 11.6 Å². The third-order valence-electron chi connectivity index (χ3n) is 2.58. The Balaban J connectivity index is 2.06. The average Bonchev–Trinajstić information content (AvgIpc) is 2.40. The van der Waals surface area contributed by atoms with Crippen LogP contribution in [0.3, 0.4) is 0 Å². The van der Waals surface area contributed by atoms with Crippen molar-refractivity contribution in [3.8, 4) is 0 Å². The van der Waals surface area contributed by atoms with Crippen LogP contribution in [0.2, 0.25) is 0 Å². The first kappa shape index (κ1) is 12.0. The third kappa shape index (κ3) is 2.82. The molecule has 2 aromatic rings. The number of benzene rings is 1. The lowest BCUT2D eigenvalue weighted by Gasteiger charge is -2.13. The van der Waals surface area contributed by atoms with Gasteiger partial charge in [0, 0.05) is 18.1 Å². The van der Waals surface area contributed by atoms with Crippen molar-refractivity contribution < 1.29 is 4.79 Å². The number of nitrogens with one attached hydrogen (secondary N) is 1. The number of amides is 1.